The van der Waals surface area contributed by atoms with Gasteiger partial charge in [0.25, 0.3) is 0 Å². The molecular weight excluding hydrogens is 374 g/mol. The first kappa shape index (κ1) is 16.6. The van der Waals surface area contributed by atoms with Gasteiger partial charge in [0.2, 0.25) is 10.0 Å². The van der Waals surface area contributed by atoms with Crippen LogP contribution in [0.2, 0.25) is 0 Å². The summed E-state index contributed by atoms with van der Waals surface area (Å²) in [6, 6.07) is 5.29. The maximum absolute atomic E-state index is 12.4. The topological polar surface area (TPSA) is 71.1 Å². The lowest BCUT2D eigenvalue weighted by atomic mass is 10.2. The number of aryl methyl sites for hydroxylation is 1. The van der Waals surface area contributed by atoms with Crippen LogP contribution in [0.15, 0.2) is 32.9 Å². The number of sulfonamides is 1. The van der Waals surface area contributed by atoms with Gasteiger partial charge >= 0.3 is 0 Å². The molecule has 0 radical (unpaired) electrons. The number of rotatable bonds is 6. The second-order valence-corrected chi connectivity index (χ2v) is 8.03. The Morgan fingerprint density at radius 3 is 2.71 bits per heavy atom. The average molecular weight is 390 g/mol. The summed E-state index contributed by atoms with van der Waals surface area (Å²) in [5, 5.41) is 5.65. The predicted molar refractivity (Wildman–Crippen MR) is 87.8 cm³/mol. The van der Waals surface area contributed by atoms with Crippen molar-refractivity contribution in [3.8, 4) is 0 Å². The summed E-state index contributed by atoms with van der Waals surface area (Å²) in [4.78, 5) is 4.49. The number of thiazole rings is 1. The molecule has 0 atom stereocenters. The van der Waals surface area contributed by atoms with E-state index in [1.165, 1.54) is 11.3 Å². The molecule has 0 spiro atoms. The van der Waals surface area contributed by atoms with Crippen LogP contribution in [0, 0.1) is 6.92 Å². The molecule has 2 rings (SSSR count). The largest absolute Gasteiger partial charge is 0.316 e. The Bertz CT molecular complexity index is 729. The van der Waals surface area contributed by atoms with Gasteiger partial charge in [-0.15, -0.1) is 11.3 Å². The van der Waals surface area contributed by atoms with Crippen molar-refractivity contribution in [3.05, 3.63) is 44.3 Å². The summed E-state index contributed by atoms with van der Waals surface area (Å²) < 4.78 is 27.9. The Labute approximate surface area is 137 Å². The highest BCUT2D eigenvalue weighted by Gasteiger charge is 2.18. The first-order chi connectivity index (χ1) is 9.92. The van der Waals surface area contributed by atoms with Crippen LogP contribution in [0.5, 0.6) is 0 Å². The molecule has 0 fully saturated rings. The van der Waals surface area contributed by atoms with E-state index < -0.39 is 10.0 Å². The van der Waals surface area contributed by atoms with E-state index in [-0.39, 0.29) is 11.4 Å². The first-order valence-corrected chi connectivity index (χ1v) is 9.41. The number of nitrogens with zero attached hydrogens (tertiary/aromatic N) is 1. The SMILES string of the molecule is CNCc1ccc(Br)c(S(=O)(=O)NCc2nc(C)cs2)c1. The molecule has 1 aromatic heterocycles. The fourth-order valence-corrected chi connectivity index (χ4v) is 4.59. The minimum atomic E-state index is -3.58. The molecule has 21 heavy (non-hydrogen) atoms. The minimum Gasteiger partial charge on any atom is -0.316 e. The van der Waals surface area contributed by atoms with Gasteiger partial charge in [-0.3, -0.25) is 0 Å². The zero-order chi connectivity index (χ0) is 15.5. The van der Waals surface area contributed by atoms with Crippen LogP contribution in [-0.2, 0) is 23.1 Å². The van der Waals surface area contributed by atoms with Gasteiger partial charge in [-0.2, -0.15) is 0 Å². The van der Waals surface area contributed by atoms with E-state index in [0.29, 0.717) is 11.0 Å². The minimum absolute atomic E-state index is 0.198. The van der Waals surface area contributed by atoms with Gasteiger partial charge in [0, 0.05) is 22.1 Å². The summed E-state index contributed by atoms with van der Waals surface area (Å²) in [6.45, 7) is 2.69. The van der Waals surface area contributed by atoms with Crippen LogP contribution in [0.25, 0.3) is 0 Å². The number of aromatic nitrogens is 1. The molecule has 0 aliphatic rings. The molecule has 0 amide bonds. The molecule has 0 saturated carbocycles. The highest BCUT2D eigenvalue weighted by atomic mass is 79.9. The lowest BCUT2D eigenvalue weighted by Gasteiger charge is -2.09. The fourth-order valence-electron chi connectivity index (χ4n) is 1.79. The normalized spacial score (nSPS) is 11.8. The van der Waals surface area contributed by atoms with Gasteiger partial charge in [0.1, 0.15) is 5.01 Å². The van der Waals surface area contributed by atoms with Crippen molar-refractivity contribution in [2.45, 2.75) is 24.9 Å². The van der Waals surface area contributed by atoms with Crippen molar-refractivity contribution >= 4 is 37.3 Å². The van der Waals surface area contributed by atoms with E-state index in [0.717, 1.165) is 16.3 Å². The molecule has 0 saturated heterocycles. The van der Waals surface area contributed by atoms with Crippen molar-refractivity contribution in [2.75, 3.05) is 7.05 Å². The highest BCUT2D eigenvalue weighted by molar-refractivity contribution is 9.10. The van der Waals surface area contributed by atoms with E-state index in [2.05, 4.69) is 31.0 Å². The Morgan fingerprint density at radius 1 is 1.33 bits per heavy atom. The van der Waals surface area contributed by atoms with Crippen LogP contribution in [0.1, 0.15) is 16.3 Å². The average Bonchev–Trinajstić information content (AvgIpc) is 2.85. The van der Waals surface area contributed by atoms with Gasteiger partial charge in [-0.05, 0) is 47.6 Å². The molecule has 8 heteroatoms. The molecule has 0 unspecified atom stereocenters. The lowest BCUT2D eigenvalue weighted by molar-refractivity contribution is 0.580. The van der Waals surface area contributed by atoms with Gasteiger partial charge in [-0.25, -0.2) is 18.1 Å². The smallest absolute Gasteiger partial charge is 0.242 e. The maximum Gasteiger partial charge on any atom is 0.242 e. The summed E-state index contributed by atoms with van der Waals surface area (Å²) >= 11 is 4.74. The van der Waals surface area contributed by atoms with Crippen LogP contribution in [0.3, 0.4) is 0 Å². The monoisotopic (exact) mass is 389 g/mol. The molecule has 2 aromatic rings. The van der Waals surface area contributed by atoms with Gasteiger partial charge in [0.05, 0.1) is 11.4 Å². The fraction of sp³-hybridized carbons (Fsp3) is 0.308. The molecule has 0 bridgehead atoms. The summed E-state index contributed by atoms with van der Waals surface area (Å²) in [5.41, 5.74) is 1.80. The second kappa shape index (κ2) is 6.97. The Hall–Kier alpha value is -0.800. The van der Waals surface area contributed by atoms with Crippen LogP contribution in [-0.4, -0.2) is 20.4 Å². The molecule has 5 nitrogen and oxygen atoms in total. The van der Waals surface area contributed by atoms with E-state index >= 15 is 0 Å². The molecule has 1 aromatic carbocycles. The third-order valence-electron chi connectivity index (χ3n) is 2.75. The number of hydrogen-bond donors (Lipinski definition) is 2. The Morgan fingerprint density at radius 2 is 2.10 bits per heavy atom. The summed E-state index contributed by atoms with van der Waals surface area (Å²) in [7, 11) is -1.76. The standard InChI is InChI=1S/C13H16BrN3O2S2/c1-9-8-20-13(17-9)7-16-21(18,19)12-5-10(6-15-2)3-4-11(12)14/h3-5,8,15-16H,6-7H2,1-2H3. The lowest BCUT2D eigenvalue weighted by Crippen LogP contribution is -2.24. The van der Waals surface area contributed by atoms with Crippen molar-refractivity contribution < 1.29 is 8.42 Å². The van der Waals surface area contributed by atoms with E-state index in [1.54, 1.807) is 12.1 Å². The molecule has 2 N–H and O–H groups in total. The van der Waals surface area contributed by atoms with E-state index in [1.807, 2.05) is 25.4 Å². The van der Waals surface area contributed by atoms with Crippen molar-refractivity contribution in [1.29, 1.82) is 0 Å². The Kier molecular flexibility index (Phi) is 5.50. The van der Waals surface area contributed by atoms with E-state index in [9.17, 15) is 8.42 Å². The van der Waals surface area contributed by atoms with Crippen molar-refractivity contribution in [2.24, 2.45) is 0 Å². The predicted octanol–water partition coefficient (Wildman–Crippen LogP) is 2.41. The summed E-state index contributed by atoms with van der Waals surface area (Å²) in [6.07, 6.45) is 0. The highest BCUT2D eigenvalue weighted by Crippen LogP contribution is 2.23. The van der Waals surface area contributed by atoms with Gasteiger partial charge < -0.3 is 5.32 Å². The third-order valence-corrected chi connectivity index (χ3v) is 6.11. The number of hydrogen-bond acceptors (Lipinski definition) is 5. The number of halogens is 1. The maximum atomic E-state index is 12.4. The van der Waals surface area contributed by atoms with E-state index in [4.69, 9.17) is 0 Å². The zero-order valence-corrected chi connectivity index (χ0v) is 14.9. The molecule has 1 heterocycles. The van der Waals surface area contributed by atoms with Crippen LogP contribution >= 0.6 is 27.3 Å². The molecular formula is C13H16BrN3O2S2. The Balaban J connectivity index is 2.20. The van der Waals surface area contributed by atoms with Crippen molar-refractivity contribution in [1.82, 2.24) is 15.0 Å². The number of nitrogens with one attached hydrogen (secondary N) is 2. The van der Waals surface area contributed by atoms with Crippen LogP contribution in [0.4, 0.5) is 0 Å². The number of benzene rings is 1. The molecule has 0 aliphatic carbocycles. The second-order valence-electron chi connectivity index (χ2n) is 4.50. The van der Waals surface area contributed by atoms with Crippen LogP contribution < -0.4 is 10.0 Å². The van der Waals surface area contributed by atoms with Gasteiger partial charge in [0.15, 0.2) is 0 Å². The third kappa shape index (κ3) is 4.33. The first-order valence-electron chi connectivity index (χ1n) is 6.26. The van der Waals surface area contributed by atoms with Gasteiger partial charge in [-0.1, -0.05) is 6.07 Å². The van der Waals surface area contributed by atoms with Crippen molar-refractivity contribution in [3.63, 3.8) is 0 Å². The quantitative estimate of drug-likeness (QED) is 0.795. The zero-order valence-electron chi connectivity index (χ0n) is 11.7. The summed E-state index contributed by atoms with van der Waals surface area (Å²) in [5.74, 6) is 0. The molecule has 114 valence electrons. The molecule has 0 aliphatic heterocycles.